The van der Waals surface area contributed by atoms with E-state index in [-0.39, 0.29) is 0 Å². The van der Waals surface area contributed by atoms with E-state index in [4.69, 9.17) is 4.74 Å². The van der Waals surface area contributed by atoms with Crippen LogP contribution < -0.4 is 4.74 Å². The first kappa shape index (κ1) is 21.0. The van der Waals surface area contributed by atoms with E-state index in [2.05, 4.69) is 44.1 Å². The molecule has 146 valence electrons. The predicted octanol–water partition coefficient (Wildman–Crippen LogP) is 5.14. The SMILES string of the molecule is CCCCCC1(O)C(=Cc2ccc(OC)cc2)CCCCC1CN(C)C. The molecule has 1 aromatic rings. The highest BCUT2D eigenvalue weighted by Gasteiger charge is 2.40. The normalized spacial score (nSPS) is 25.5. The number of ether oxygens (including phenoxy) is 1. The summed E-state index contributed by atoms with van der Waals surface area (Å²) in [6, 6.07) is 8.17. The lowest BCUT2D eigenvalue weighted by Gasteiger charge is -2.39. The Labute approximate surface area is 160 Å². The molecule has 1 aliphatic rings. The first-order valence-electron chi connectivity index (χ1n) is 10.2. The lowest BCUT2D eigenvalue weighted by atomic mass is 9.75. The molecule has 3 nitrogen and oxygen atoms in total. The lowest BCUT2D eigenvalue weighted by molar-refractivity contribution is -0.00439. The summed E-state index contributed by atoms with van der Waals surface area (Å²) in [4.78, 5) is 2.23. The molecule has 1 N–H and O–H groups in total. The molecule has 1 fully saturated rings. The van der Waals surface area contributed by atoms with Crippen LogP contribution in [-0.2, 0) is 0 Å². The molecule has 1 saturated carbocycles. The summed E-state index contributed by atoms with van der Waals surface area (Å²) in [6.07, 6.45) is 11.1. The van der Waals surface area contributed by atoms with Crippen molar-refractivity contribution in [1.82, 2.24) is 4.90 Å². The van der Waals surface area contributed by atoms with Crippen molar-refractivity contribution >= 4 is 6.08 Å². The number of aliphatic hydroxyl groups is 1. The van der Waals surface area contributed by atoms with E-state index in [1.54, 1.807) is 7.11 Å². The quantitative estimate of drug-likeness (QED) is 0.515. The van der Waals surface area contributed by atoms with Gasteiger partial charge in [0.15, 0.2) is 0 Å². The Bertz CT molecular complexity index is 564. The molecule has 2 unspecified atom stereocenters. The minimum Gasteiger partial charge on any atom is -0.497 e. The Kier molecular flexibility index (Phi) is 8.17. The van der Waals surface area contributed by atoms with Gasteiger partial charge in [0.1, 0.15) is 5.75 Å². The topological polar surface area (TPSA) is 32.7 Å². The molecule has 1 aromatic carbocycles. The maximum atomic E-state index is 11.9. The van der Waals surface area contributed by atoms with Crippen molar-refractivity contribution in [3.8, 4) is 5.75 Å². The van der Waals surface area contributed by atoms with Crippen LogP contribution in [0.4, 0.5) is 0 Å². The highest BCUT2D eigenvalue weighted by Crippen LogP contribution is 2.41. The molecule has 0 spiro atoms. The highest BCUT2D eigenvalue weighted by atomic mass is 16.5. The van der Waals surface area contributed by atoms with Crippen molar-refractivity contribution in [2.75, 3.05) is 27.7 Å². The average Bonchev–Trinajstić information content (AvgIpc) is 2.76. The van der Waals surface area contributed by atoms with E-state index in [1.165, 1.54) is 31.3 Å². The highest BCUT2D eigenvalue weighted by molar-refractivity contribution is 5.56. The number of hydrogen-bond acceptors (Lipinski definition) is 3. The summed E-state index contributed by atoms with van der Waals surface area (Å²) in [6.45, 7) is 3.17. The number of hydrogen-bond donors (Lipinski definition) is 1. The number of methoxy groups -OCH3 is 1. The first-order valence-corrected chi connectivity index (χ1v) is 10.2. The smallest absolute Gasteiger partial charge is 0.118 e. The fourth-order valence-electron chi connectivity index (χ4n) is 4.21. The molecular weight excluding hydrogens is 322 g/mol. The van der Waals surface area contributed by atoms with Gasteiger partial charge in [-0.05, 0) is 63.0 Å². The molecule has 0 aliphatic heterocycles. The van der Waals surface area contributed by atoms with Crippen LogP contribution in [0.25, 0.3) is 6.08 Å². The van der Waals surface area contributed by atoms with Crippen LogP contribution in [0.3, 0.4) is 0 Å². The minimum absolute atomic E-state index is 0.307. The molecule has 0 aromatic heterocycles. The summed E-state index contributed by atoms with van der Waals surface area (Å²) < 4.78 is 5.27. The van der Waals surface area contributed by atoms with E-state index < -0.39 is 5.60 Å². The largest absolute Gasteiger partial charge is 0.497 e. The molecule has 0 amide bonds. The monoisotopic (exact) mass is 359 g/mol. The maximum Gasteiger partial charge on any atom is 0.118 e. The van der Waals surface area contributed by atoms with Crippen LogP contribution in [-0.4, -0.2) is 43.4 Å². The van der Waals surface area contributed by atoms with Crippen molar-refractivity contribution in [3.05, 3.63) is 35.4 Å². The number of benzene rings is 1. The van der Waals surface area contributed by atoms with Crippen molar-refractivity contribution in [2.24, 2.45) is 5.92 Å². The third-order valence-electron chi connectivity index (χ3n) is 5.68. The molecule has 1 aliphatic carbocycles. The van der Waals surface area contributed by atoms with Gasteiger partial charge in [-0.3, -0.25) is 0 Å². The number of nitrogens with zero attached hydrogens (tertiary/aromatic N) is 1. The zero-order valence-corrected chi connectivity index (χ0v) is 17.1. The molecule has 0 radical (unpaired) electrons. The molecule has 2 atom stereocenters. The van der Waals surface area contributed by atoms with E-state index in [0.717, 1.165) is 43.5 Å². The fraction of sp³-hybridized carbons (Fsp3) is 0.652. The summed E-state index contributed by atoms with van der Waals surface area (Å²) in [7, 11) is 5.92. The molecule has 26 heavy (non-hydrogen) atoms. The van der Waals surface area contributed by atoms with Gasteiger partial charge < -0.3 is 14.7 Å². The van der Waals surface area contributed by atoms with Gasteiger partial charge in [-0.1, -0.05) is 50.8 Å². The van der Waals surface area contributed by atoms with Crippen LogP contribution in [0.5, 0.6) is 5.75 Å². The van der Waals surface area contributed by atoms with Crippen LogP contribution in [0.15, 0.2) is 29.8 Å². The van der Waals surface area contributed by atoms with E-state index in [0.29, 0.717) is 5.92 Å². The second-order valence-corrected chi connectivity index (χ2v) is 8.03. The molecule has 0 bridgehead atoms. The molecule has 0 heterocycles. The van der Waals surface area contributed by atoms with Gasteiger partial charge in [0, 0.05) is 12.5 Å². The molecule has 0 saturated heterocycles. The van der Waals surface area contributed by atoms with Crippen molar-refractivity contribution in [2.45, 2.75) is 63.9 Å². The van der Waals surface area contributed by atoms with Crippen LogP contribution in [0, 0.1) is 5.92 Å². The van der Waals surface area contributed by atoms with E-state index in [1.807, 2.05) is 12.1 Å². The number of rotatable bonds is 8. The Morgan fingerprint density at radius 3 is 2.54 bits per heavy atom. The van der Waals surface area contributed by atoms with E-state index in [9.17, 15) is 5.11 Å². The second kappa shape index (κ2) is 10.1. The van der Waals surface area contributed by atoms with Crippen molar-refractivity contribution < 1.29 is 9.84 Å². The van der Waals surface area contributed by atoms with Gasteiger partial charge >= 0.3 is 0 Å². The Morgan fingerprint density at radius 2 is 1.92 bits per heavy atom. The van der Waals surface area contributed by atoms with Gasteiger partial charge in [0.25, 0.3) is 0 Å². The summed E-state index contributed by atoms with van der Waals surface area (Å²) in [5.74, 6) is 1.18. The van der Waals surface area contributed by atoms with Crippen LogP contribution in [0.1, 0.15) is 63.9 Å². The van der Waals surface area contributed by atoms with Crippen molar-refractivity contribution in [1.29, 1.82) is 0 Å². The van der Waals surface area contributed by atoms with E-state index >= 15 is 0 Å². The minimum atomic E-state index is -0.685. The van der Waals surface area contributed by atoms with Crippen molar-refractivity contribution in [3.63, 3.8) is 0 Å². The zero-order chi connectivity index (χ0) is 19.0. The Balaban J connectivity index is 2.34. The average molecular weight is 360 g/mol. The van der Waals surface area contributed by atoms with Crippen LogP contribution >= 0.6 is 0 Å². The predicted molar refractivity (Wildman–Crippen MR) is 111 cm³/mol. The molecule has 2 rings (SSSR count). The second-order valence-electron chi connectivity index (χ2n) is 8.03. The third kappa shape index (κ3) is 5.59. The van der Waals surface area contributed by atoms with Gasteiger partial charge in [-0.15, -0.1) is 0 Å². The Hall–Kier alpha value is -1.32. The van der Waals surface area contributed by atoms with Crippen LogP contribution in [0.2, 0.25) is 0 Å². The molecular formula is C23H37NO2. The molecule has 3 heteroatoms. The third-order valence-corrected chi connectivity index (χ3v) is 5.68. The zero-order valence-electron chi connectivity index (χ0n) is 17.1. The summed E-state index contributed by atoms with van der Waals surface area (Å²) in [5.41, 5.74) is 1.69. The van der Waals surface area contributed by atoms with Gasteiger partial charge in [-0.25, -0.2) is 0 Å². The first-order chi connectivity index (χ1) is 12.5. The number of unbranched alkanes of at least 4 members (excludes halogenated alkanes) is 2. The lowest BCUT2D eigenvalue weighted by Crippen LogP contribution is -2.44. The van der Waals surface area contributed by atoms with Gasteiger partial charge in [-0.2, -0.15) is 0 Å². The Morgan fingerprint density at radius 1 is 1.19 bits per heavy atom. The van der Waals surface area contributed by atoms with Gasteiger partial charge in [0.2, 0.25) is 0 Å². The maximum absolute atomic E-state index is 11.9. The summed E-state index contributed by atoms with van der Waals surface area (Å²) >= 11 is 0. The standard InChI is InChI=1S/C23H37NO2/c1-5-6-9-16-23(25)20(10-7-8-11-21(23)18-24(2)3)17-19-12-14-22(26-4)15-13-19/h12-15,17,21,25H,5-11,16,18H2,1-4H3. The van der Waals surface area contributed by atoms with Gasteiger partial charge in [0.05, 0.1) is 12.7 Å². The summed E-state index contributed by atoms with van der Waals surface area (Å²) in [5, 5.41) is 11.9. The fourth-order valence-corrected chi connectivity index (χ4v) is 4.21.